The highest BCUT2D eigenvalue weighted by atomic mass is 16.3. The molecular formula is C26H35NO3. The molecule has 0 radical (unpaired) electrons. The van der Waals surface area contributed by atoms with Crippen LogP contribution in [-0.4, -0.2) is 16.8 Å². The summed E-state index contributed by atoms with van der Waals surface area (Å²) in [4.78, 5) is 26.1. The fraction of sp³-hybridized carbons (Fsp3) is 0.462. The number of hydrogen-bond donors (Lipinski definition) is 2. The number of benzene rings is 1. The largest absolute Gasteiger partial charge is 0.508 e. The van der Waals surface area contributed by atoms with Gasteiger partial charge in [0.25, 0.3) is 5.91 Å². The summed E-state index contributed by atoms with van der Waals surface area (Å²) in [6.07, 6.45) is 7.20. The predicted molar refractivity (Wildman–Crippen MR) is 124 cm³/mol. The van der Waals surface area contributed by atoms with Crippen molar-refractivity contribution in [2.24, 2.45) is 0 Å². The molecule has 0 saturated carbocycles. The number of aromatic hydroxyl groups is 1. The molecule has 1 aliphatic rings. The molecule has 1 aliphatic carbocycles. The number of allylic oxidation sites excluding steroid dienone is 5. The average molecular weight is 410 g/mol. The molecule has 1 aromatic rings. The lowest BCUT2D eigenvalue weighted by atomic mass is 9.79. The number of carbonyl (C=O) groups excluding carboxylic acids is 2. The van der Waals surface area contributed by atoms with Gasteiger partial charge in [-0.1, -0.05) is 59.8 Å². The molecule has 0 atom stereocenters. The number of phenolic OH excluding ortho intramolecular Hbond substituents is 1. The topological polar surface area (TPSA) is 66.4 Å². The maximum atomic E-state index is 13.1. The zero-order valence-electron chi connectivity index (χ0n) is 19.6. The van der Waals surface area contributed by atoms with E-state index in [0.29, 0.717) is 11.3 Å². The quantitative estimate of drug-likeness (QED) is 0.358. The van der Waals surface area contributed by atoms with Crippen LogP contribution in [0.3, 0.4) is 0 Å². The Labute approximate surface area is 180 Å². The Morgan fingerprint density at radius 2 is 1.53 bits per heavy atom. The summed E-state index contributed by atoms with van der Waals surface area (Å²) in [6.45, 7) is 15.9. The summed E-state index contributed by atoms with van der Waals surface area (Å²) < 4.78 is 0. The summed E-state index contributed by atoms with van der Waals surface area (Å²) in [7, 11) is 0. The normalized spacial score (nSPS) is 15.4. The summed E-state index contributed by atoms with van der Waals surface area (Å²) in [5.41, 5.74) is 3.35. The van der Waals surface area contributed by atoms with E-state index < -0.39 is 5.91 Å². The molecule has 0 unspecified atom stereocenters. The van der Waals surface area contributed by atoms with Crippen LogP contribution in [0, 0.1) is 0 Å². The summed E-state index contributed by atoms with van der Waals surface area (Å²) >= 11 is 0. The van der Waals surface area contributed by atoms with E-state index in [1.165, 1.54) is 0 Å². The number of nitrogens with one attached hydrogen (secondary N) is 1. The maximum Gasteiger partial charge on any atom is 0.259 e. The van der Waals surface area contributed by atoms with Crippen LogP contribution in [0.2, 0.25) is 0 Å². The lowest BCUT2D eigenvalue weighted by Gasteiger charge is -2.28. The van der Waals surface area contributed by atoms with Crippen molar-refractivity contribution in [1.29, 1.82) is 0 Å². The van der Waals surface area contributed by atoms with E-state index in [4.69, 9.17) is 0 Å². The van der Waals surface area contributed by atoms with Crippen LogP contribution in [0.25, 0.3) is 0 Å². The standard InChI is InChI=1S/C26H35NO3/c1-9-17(23(29)18-13-11-10-12-16(18)2)24(30)27-21-15-22(28)20(26(6,7)8)14-19(21)25(3,4)5/h9,12-15,28H,10-11H2,1-8H3,(H,27,30)/b17-9+. The highest BCUT2D eigenvalue weighted by molar-refractivity contribution is 6.29. The van der Waals surface area contributed by atoms with Crippen molar-refractivity contribution in [3.8, 4) is 5.75 Å². The first-order valence-corrected chi connectivity index (χ1v) is 10.5. The third kappa shape index (κ3) is 5.10. The third-order valence-electron chi connectivity index (χ3n) is 5.41. The number of phenols is 1. The summed E-state index contributed by atoms with van der Waals surface area (Å²) in [5.74, 6) is -0.598. The van der Waals surface area contributed by atoms with Gasteiger partial charge in [0.1, 0.15) is 5.75 Å². The first-order chi connectivity index (χ1) is 13.8. The van der Waals surface area contributed by atoms with E-state index in [0.717, 1.165) is 29.5 Å². The monoisotopic (exact) mass is 409 g/mol. The molecule has 0 aliphatic heterocycles. The molecule has 4 nitrogen and oxygen atoms in total. The van der Waals surface area contributed by atoms with E-state index in [1.807, 2.05) is 45.9 Å². The minimum Gasteiger partial charge on any atom is -0.508 e. The van der Waals surface area contributed by atoms with Crippen molar-refractivity contribution in [3.05, 3.63) is 58.2 Å². The molecule has 0 spiro atoms. The molecule has 0 aromatic heterocycles. The van der Waals surface area contributed by atoms with Gasteiger partial charge in [-0.15, -0.1) is 0 Å². The second-order valence-electron chi connectivity index (χ2n) is 9.98. The van der Waals surface area contributed by atoms with E-state index in [-0.39, 0.29) is 27.9 Å². The van der Waals surface area contributed by atoms with Crippen molar-refractivity contribution in [1.82, 2.24) is 0 Å². The van der Waals surface area contributed by atoms with E-state index in [1.54, 1.807) is 19.1 Å². The smallest absolute Gasteiger partial charge is 0.259 e. The number of rotatable bonds is 4. The Bertz CT molecular complexity index is 948. The fourth-order valence-electron chi connectivity index (χ4n) is 3.68. The van der Waals surface area contributed by atoms with Crippen LogP contribution in [0.1, 0.15) is 79.4 Å². The van der Waals surface area contributed by atoms with Gasteiger partial charge in [0, 0.05) is 17.3 Å². The van der Waals surface area contributed by atoms with Crippen molar-refractivity contribution in [2.75, 3.05) is 5.32 Å². The van der Waals surface area contributed by atoms with Gasteiger partial charge in [-0.3, -0.25) is 9.59 Å². The summed E-state index contributed by atoms with van der Waals surface area (Å²) in [5, 5.41) is 13.5. The Kier molecular flexibility index (Phi) is 6.80. The second kappa shape index (κ2) is 8.63. The SMILES string of the molecule is C/C=C(/C(=O)Nc1cc(O)c(C(C)(C)C)cc1C(C)(C)C)C(=O)C1=CCCC=C1C. The predicted octanol–water partition coefficient (Wildman–Crippen LogP) is 6.11. The van der Waals surface area contributed by atoms with Crippen LogP contribution in [0.5, 0.6) is 5.75 Å². The molecule has 1 aromatic carbocycles. The van der Waals surface area contributed by atoms with Gasteiger partial charge in [0.2, 0.25) is 0 Å². The zero-order valence-corrected chi connectivity index (χ0v) is 19.6. The highest BCUT2D eigenvalue weighted by Gasteiger charge is 2.28. The van der Waals surface area contributed by atoms with Gasteiger partial charge >= 0.3 is 0 Å². The first kappa shape index (κ1) is 23.7. The van der Waals surface area contributed by atoms with Crippen LogP contribution < -0.4 is 5.32 Å². The molecule has 0 bridgehead atoms. The van der Waals surface area contributed by atoms with Gasteiger partial charge in [-0.25, -0.2) is 0 Å². The number of amides is 1. The fourth-order valence-corrected chi connectivity index (χ4v) is 3.68. The van der Waals surface area contributed by atoms with Crippen LogP contribution in [0.4, 0.5) is 5.69 Å². The molecule has 30 heavy (non-hydrogen) atoms. The molecule has 0 saturated heterocycles. The van der Waals surface area contributed by atoms with Crippen molar-refractivity contribution >= 4 is 17.4 Å². The molecule has 0 fully saturated rings. The Morgan fingerprint density at radius 3 is 2.03 bits per heavy atom. The minimum absolute atomic E-state index is 0.107. The highest BCUT2D eigenvalue weighted by Crippen LogP contribution is 2.39. The maximum absolute atomic E-state index is 13.1. The first-order valence-electron chi connectivity index (χ1n) is 10.5. The summed E-state index contributed by atoms with van der Waals surface area (Å²) in [6, 6.07) is 3.56. The van der Waals surface area contributed by atoms with E-state index in [2.05, 4.69) is 26.1 Å². The van der Waals surface area contributed by atoms with Gasteiger partial charge in [0.05, 0.1) is 5.57 Å². The molecule has 0 heterocycles. The van der Waals surface area contributed by atoms with Gasteiger partial charge in [-0.05, 0) is 60.3 Å². The Balaban J connectivity index is 2.44. The average Bonchev–Trinajstić information content (AvgIpc) is 2.60. The van der Waals surface area contributed by atoms with Gasteiger partial charge in [-0.2, -0.15) is 0 Å². The third-order valence-corrected chi connectivity index (χ3v) is 5.41. The van der Waals surface area contributed by atoms with Crippen LogP contribution in [-0.2, 0) is 20.4 Å². The zero-order chi connectivity index (χ0) is 22.9. The molecule has 2 N–H and O–H groups in total. The van der Waals surface area contributed by atoms with Crippen molar-refractivity contribution in [2.45, 2.75) is 79.1 Å². The molecule has 4 heteroatoms. The molecule has 162 valence electrons. The van der Waals surface area contributed by atoms with Gasteiger partial charge in [0.15, 0.2) is 5.78 Å². The number of anilines is 1. The number of hydrogen-bond acceptors (Lipinski definition) is 3. The molecule has 2 rings (SSSR count). The number of ketones is 1. The van der Waals surface area contributed by atoms with Gasteiger partial charge < -0.3 is 10.4 Å². The Morgan fingerprint density at radius 1 is 0.967 bits per heavy atom. The number of carbonyl (C=O) groups is 2. The van der Waals surface area contributed by atoms with Crippen LogP contribution in [0.15, 0.2) is 47.1 Å². The molecular weight excluding hydrogens is 374 g/mol. The van der Waals surface area contributed by atoms with E-state index in [9.17, 15) is 14.7 Å². The lowest BCUT2D eigenvalue weighted by Crippen LogP contribution is -2.25. The van der Waals surface area contributed by atoms with Crippen molar-refractivity contribution in [3.63, 3.8) is 0 Å². The van der Waals surface area contributed by atoms with E-state index >= 15 is 0 Å². The van der Waals surface area contributed by atoms with Crippen molar-refractivity contribution < 1.29 is 14.7 Å². The van der Waals surface area contributed by atoms with Crippen LogP contribution >= 0.6 is 0 Å². The lowest BCUT2D eigenvalue weighted by molar-refractivity contribution is -0.118. The molecule has 1 amide bonds. The second-order valence-corrected chi connectivity index (χ2v) is 9.98. The minimum atomic E-state index is -0.463. The Hall–Kier alpha value is -2.62. The number of Topliss-reactive ketones (excluding diaryl/α,β-unsaturated/α-hetero) is 1.